The molecule has 1 aliphatic rings. The number of halogens is 1. The van der Waals surface area contributed by atoms with Crippen molar-refractivity contribution in [2.75, 3.05) is 20.1 Å². The first-order chi connectivity index (χ1) is 9.06. The molecule has 0 unspecified atom stereocenters. The number of nitrogens with zero attached hydrogens (tertiary/aromatic N) is 2. The van der Waals surface area contributed by atoms with E-state index in [2.05, 4.69) is 23.2 Å². The van der Waals surface area contributed by atoms with E-state index in [1.54, 1.807) is 6.07 Å². The maximum atomic E-state index is 13.1. The van der Waals surface area contributed by atoms with Crippen LogP contribution >= 0.6 is 0 Å². The minimum absolute atomic E-state index is 0.220. The monoisotopic (exact) mass is 261 g/mol. The van der Waals surface area contributed by atoms with Crippen molar-refractivity contribution in [1.82, 2.24) is 10.2 Å². The molecule has 1 saturated heterocycles. The summed E-state index contributed by atoms with van der Waals surface area (Å²) in [5.74, 6) is -0.346. The highest BCUT2D eigenvalue weighted by Gasteiger charge is 2.28. The van der Waals surface area contributed by atoms with Gasteiger partial charge in [-0.15, -0.1) is 0 Å². The summed E-state index contributed by atoms with van der Waals surface area (Å²) < 4.78 is 13.1. The number of hydrogen-bond donors (Lipinski definition) is 1. The Bertz CT molecular complexity index is 485. The summed E-state index contributed by atoms with van der Waals surface area (Å²) in [5.41, 5.74) is 1.58. The van der Waals surface area contributed by atoms with Crippen molar-refractivity contribution >= 4 is 0 Å². The Morgan fingerprint density at radius 1 is 1.42 bits per heavy atom. The lowest BCUT2D eigenvalue weighted by Crippen LogP contribution is -2.49. The van der Waals surface area contributed by atoms with Gasteiger partial charge in [0.05, 0.1) is 11.6 Å². The van der Waals surface area contributed by atoms with E-state index in [1.165, 1.54) is 12.1 Å². The fraction of sp³-hybridized carbons (Fsp3) is 0.533. The van der Waals surface area contributed by atoms with Crippen LogP contribution in [0.5, 0.6) is 0 Å². The molecule has 2 rings (SSSR count). The molecule has 1 N–H and O–H groups in total. The molecule has 0 radical (unpaired) electrons. The van der Waals surface area contributed by atoms with Crippen molar-refractivity contribution in [2.45, 2.75) is 31.8 Å². The van der Waals surface area contributed by atoms with E-state index in [0.717, 1.165) is 38.0 Å². The number of piperidine rings is 1. The van der Waals surface area contributed by atoms with Gasteiger partial charge in [-0.25, -0.2) is 4.39 Å². The standard InChI is InChI=1S/C15H20FN3/c1-15(18-2)5-7-19(8-6-15)11-12-3-4-14(16)9-13(12)10-17/h3-4,9,18H,5-8,11H2,1-2H3. The van der Waals surface area contributed by atoms with Gasteiger partial charge in [0.2, 0.25) is 0 Å². The molecule has 0 bridgehead atoms. The van der Waals surface area contributed by atoms with E-state index in [4.69, 9.17) is 5.26 Å². The second-order valence-electron chi connectivity index (χ2n) is 5.50. The first-order valence-electron chi connectivity index (χ1n) is 6.66. The first kappa shape index (κ1) is 14.0. The van der Waals surface area contributed by atoms with Crippen molar-refractivity contribution < 1.29 is 4.39 Å². The molecule has 1 aromatic carbocycles. The third-order valence-corrected chi connectivity index (χ3v) is 4.15. The molecule has 19 heavy (non-hydrogen) atoms. The topological polar surface area (TPSA) is 39.1 Å². The average molecular weight is 261 g/mol. The second kappa shape index (κ2) is 5.68. The van der Waals surface area contributed by atoms with Gasteiger partial charge in [0.25, 0.3) is 0 Å². The van der Waals surface area contributed by atoms with Gasteiger partial charge in [0.15, 0.2) is 0 Å². The smallest absolute Gasteiger partial charge is 0.124 e. The van der Waals surface area contributed by atoms with Gasteiger partial charge in [0.1, 0.15) is 5.82 Å². The van der Waals surface area contributed by atoms with Crippen LogP contribution in [0.25, 0.3) is 0 Å². The zero-order valence-electron chi connectivity index (χ0n) is 11.5. The Balaban J connectivity index is 2.02. The average Bonchev–Trinajstić information content (AvgIpc) is 2.43. The van der Waals surface area contributed by atoms with E-state index in [9.17, 15) is 4.39 Å². The fourth-order valence-electron chi connectivity index (χ4n) is 2.49. The Morgan fingerprint density at radius 3 is 2.68 bits per heavy atom. The quantitative estimate of drug-likeness (QED) is 0.907. The molecule has 0 atom stereocenters. The summed E-state index contributed by atoms with van der Waals surface area (Å²) in [5, 5.41) is 12.4. The number of nitrogens with one attached hydrogen (secondary N) is 1. The molecule has 0 amide bonds. The molecule has 0 spiro atoms. The van der Waals surface area contributed by atoms with Gasteiger partial charge in [-0.3, -0.25) is 4.90 Å². The van der Waals surface area contributed by atoms with Crippen molar-refractivity contribution in [3.05, 3.63) is 35.1 Å². The summed E-state index contributed by atoms with van der Waals surface area (Å²) in [6.45, 7) is 4.96. The number of benzene rings is 1. The summed E-state index contributed by atoms with van der Waals surface area (Å²) in [4.78, 5) is 2.33. The molecule has 0 aliphatic carbocycles. The lowest BCUT2D eigenvalue weighted by Gasteiger charge is -2.39. The Hall–Kier alpha value is -1.44. The zero-order valence-corrected chi connectivity index (χ0v) is 11.5. The van der Waals surface area contributed by atoms with Crippen molar-refractivity contribution in [2.24, 2.45) is 0 Å². The van der Waals surface area contributed by atoms with Crippen LogP contribution in [0.15, 0.2) is 18.2 Å². The fourth-order valence-corrected chi connectivity index (χ4v) is 2.49. The van der Waals surface area contributed by atoms with Gasteiger partial charge in [-0.05, 0) is 44.5 Å². The van der Waals surface area contributed by atoms with Crippen LogP contribution < -0.4 is 5.32 Å². The van der Waals surface area contributed by atoms with Crippen LogP contribution in [-0.2, 0) is 6.54 Å². The number of rotatable bonds is 3. The SMILES string of the molecule is CNC1(C)CCN(Cc2ccc(F)cc2C#N)CC1. The molecule has 0 aromatic heterocycles. The molecule has 0 saturated carbocycles. The highest BCUT2D eigenvalue weighted by atomic mass is 19.1. The van der Waals surface area contributed by atoms with E-state index in [0.29, 0.717) is 5.56 Å². The summed E-state index contributed by atoms with van der Waals surface area (Å²) in [6, 6.07) is 6.54. The van der Waals surface area contributed by atoms with E-state index in [1.807, 2.05) is 7.05 Å². The van der Waals surface area contributed by atoms with Crippen LogP contribution in [0.2, 0.25) is 0 Å². The van der Waals surface area contributed by atoms with Crippen LogP contribution in [-0.4, -0.2) is 30.6 Å². The minimum atomic E-state index is -0.346. The zero-order chi connectivity index (χ0) is 13.9. The lowest BCUT2D eigenvalue weighted by molar-refractivity contribution is 0.146. The van der Waals surface area contributed by atoms with Crippen LogP contribution in [0, 0.1) is 17.1 Å². The molecule has 1 aliphatic heterocycles. The molecule has 1 aromatic rings. The highest BCUT2D eigenvalue weighted by Crippen LogP contribution is 2.23. The van der Waals surface area contributed by atoms with Crippen LogP contribution in [0.4, 0.5) is 4.39 Å². The highest BCUT2D eigenvalue weighted by molar-refractivity contribution is 5.37. The number of nitriles is 1. The van der Waals surface area contributed by atoms with Gasteiger partial charge in [-0.2, -0.15) is 5.26 Å². The van der Waals surface area contributed by atoms with E-state index in [-0.39, 0.29) is 11.4 Å². The third kappa shape index (κ3) is 3.31. The molecular formula is C15H20FN3. The van der Waals surface area contributed by atoms with Crippen molar-refractivity contribution in [3.8, 4) is 6.07 Å². The van der Waals surface area contributed by atoms with Crippen LogP contribution in [0.3, 0.4) is 0 Å². The first-order valence-corrected chi connectivity index (χ1v) is 6.66. The normalized spacial score (nSPS) is 19.1. The summed E-state index contributed by atoms with van der Waals surface area (Å²) >= 11 is 0. The second-order valence-corrected chi connectivity index (χ2v) is 5.50. The molecular weight excluding hydrogens is 241 g/mol. The maximum Gasteiger partial charge on any atom is 0.124 e. The van der Waals surface area contributed by atoms with Crippen LogP contribution in [0.1, 0.15) is 30.9 Å². The van der Waals surface area contributed by atoms with Crippen molar-refractivity contribution in [1.29, 1.82) is 5.26 Å². The Labute approximate surface area is 114 Å². The third-order valence-electron chi connectivity index (χ3n) is 4.15. The van der Waals surface area contributed by atoms with Gasteiger partial charge in [0, 0.05) is 25.2 Å². The van der Waals surface area contributed by atoms with Gasteiger partial charge < -0.3 is 5.32 Å². The van der Waals surface area contributed by atoms with E-state index >= 15 is 0 Å². The molecule has 3 nitrogen and oxygen atoms in total. The lowest BCUT2D eigenvalue weighted by atomic mass is 9.89. The van der Waals surface area contributed by atoms with Crippen molar-refractivity contribution in [3.63, 3.8) is 0 Å². The maximum absolute atomic E-state index is 13.1. The Morgan fingerprint density at radius 2 is 2.11 bits per heavy atom. The molecule has 1 fully saturated rings. The predicted octanol–water partition coefficient (Wildman–Crippen LogP) is 2.27. The molecule has 102 valence electrons. The summed E-state index contributed by atoms with van der Waals surface area (Å²) in [6.07, 6.45) is 2.18. The largest absolute Gasteiger partial charge is 0.314 e. The number of hydrogen-bond acceptors (Lipinski definition) is 3. The molecule has 4 heteroatoms. The van der Waals surface area contributed by atoms with Gasteiger partial charge >= 0.3 is 0 Å². The Kier molecular flexibility index (Phi) is 4.18. The number of likely N-dealkylation sites (tertiary alicyclic amines) is 1. The van der Waals surface area contributed by atoms with E-state index < -0.39 is 0 Å². The minimum Gasteiger partial charge on any atom is -0.314 e. The van der Waals surface area contributed by atoms with Gasteiger partial charge in [-0.1, -0.05) is 6.07 Å². The summed E-state index contributed by atoms with van der Waals surface area (Å²) in [7, 11) is 2.00. The predicted molar refractivity (Wildman–Crippen MR) is 73.1 cm³/mol. The molecule has 1 heterocycles.